The Kier molecular flexibility index (Phi) is 4.12. The van der Waals surface area contributed by atoms with Gasteiger partial charge < -0.3 is 9.80 Å². The maximum absolute atomic E-state index is 2.35. The standard InChI is InChI=1S/C26H20N2S2/c1-27-19-11-3-5-13-21(19)29-23-15-7-9-17(25(23)27)18-10-8-16-24-26(18)28(2)20-12-4-6-14-22(20)30-24/h3-16H,1-2H3. The van der Waals surface area contributed by atoms with Crippen molar-refractivity contribution in [2.45, 2.75) is 19.6 Å². The Balaban J connectivity index is 1.56. The Morgan fingerprint density at radius 2 is 0.867 bits per heavy atom. The Labute approximate surface area is 185 Å². The maximum Gasteiger partial charge on any atom is 0.0630 e. The number of nitrogens with zero attached hydrogens (tertiary/aromatic N) is 2. The van der Waals surface area contributed by atoms with Gasteiger partial charge in [0.25, 0.3) is 0 Å². The lowest BCUT2D eigenvalue weighted by Gasteiger charge is -2.34. The van der Waals surface area contributed by atoms with Gasteiger partial charge in [0, 0.05) is 44.8 Å². The van der Waals surface area contributed by atoms with Crippen LogP contribution in [-0.4, -0.2) is 14.1 Å². The molecule has 0 saturated heterocycles. The van der Waals surface area contributed by atoms with Crippen LogP contribution in [0.2, 0.25) is 0 Å². The molecule has 146 valence electrons. The first kappa shape index (κ1) is 18.0. The Bertz CT molecular complexity index is 1200. The van der Waals surface area contributed by atoms with Crippen LogP contribution in [0.3, 0.4) is 0 Å². The lowest BCUT2D eigenvalue weighted by molar-refractivity contribution is 1.10. The van der Waals surface area contributed by atoms with Gasteiger partial charge in [0.05, 0.1) is 22.7 Å². The third kappa shape index (κ3) is 2.60. The number of anilines is 4. The van der Waals surface area contributed by atoms with E-state index < -0.39 is 0 Å². The minimum atomic E-state index is 1.26. The van der Waals surface area contributed by atoms with E-state index in [2.05, 4.69) is 109 Å². The maximum atomic E-state index is 2.35. The molecule has 0 aliphatic carbocycles. The molecular weight excluding hydrogens is 404 g/mol. The molecule has 2 nitrogen and oxygen atoms in total. The van der Waals surface area contributed by atoms with Crippen molar-refractivity contribution in [2.24, 2.45) is 0 Å². The van der Waals surface area contributed by atoms with Gasteiger partial charge in [-0.1, -0.05) is 72.1 Å². The Morgan fingerprint density at radius 1 is 0.467 bits per heavy atom. The van der Waals surface area contributed by atoms with Gasteiger partial charge in [-0.05, 0) is 36.4 Å². The zero-order valence-corrected chi connectivity index (χ0v) is 18.4. The molecular formula is C26H20N2S2. The molecule has 0 atom stereocenters. The number of hydrogen-bond donors (Lipinski definition) is 0. The SMILES string of the molecule is CN1c2ccccc2Sc2cccc(-c3cccc4c3N(C)c3ccccc3S4)c21. The number of para-hydroxylation sites is 4. The van der Waals surface area contributed by atoms with Crippen molar-refractivity contribution in [1.29, 1.82) is 0 Å². The van der Waals surface area contributed by atoms with Crippen LogP contribution in [-0.2, 0) is 0 Å². The monoisotopic (exact) mass is 424 g/mol. The van der Waals surface area contributed by atoms with E-state index in [1.165, 1.54) is 53.5 Å². The lowest BCUT2D eigenvalue weighted by atomic mass is 9.99. The summed E-state index contributed by atoms with van der Waals surface area (Å²) in [5, 5.41) is 0. The zero-order chi connectivity index (χ0) is 20.2. The molecule has 4 aromatic carbocycles. The predicted molar refractivity (Wildman–Crippen MR) is 129 cm³/mol. The number of fused-ring (bicyclic) bond motifs is 4. The van der Waals surface area contributed by atoms with Crippen molar-refractivity contribution in [3.63, 3.8) is 0 Å². The van der Waals surface area contributed by atoms with Crippen LogP contribution in [0.5, 0.6) is 0 Å². The summed E-state index contributed by atoms with van der Waals surface area (Å²) in [4.78, 5) is 9.91. The third-order valence-corrected chi connectivity index (χ3v) is 8.08. The summed E-state index contributed by atoms with van der Waals surface area (Å²) in [5.41, 5.74) is 7.65. The largest absolute Gasteiger partial charge is 0.342 e. The van der Waals surface area contributed by atoms with Gasteiger partial charge in [0.2, 0.25) is 0 Å². The van der Waals surface area contributed by atoms with E-state index in [1.807, 2.05) is 23.5 Å². The second-order valence-corrected chi connectivity index (χ2v) is 9.73. The summed E-state index contributed by atoms with van der Waals surface area (Å²) >= 11 is 3.72. The average Bonchev–Trinajstić information content (AvgIpc) is 2.78. The van der Waals surface area contributed by atoms with Crippen LogP contribution < -0.4 is 9.80 Å². The molecule has 2 heterocycles. The fourth-order valence-electron chi connectivity index (χ4n) is 4.45. The molecule has 0 amide bonds. The van der Waals surface area contributed by atoms with Gasteiger partial charge in [-0.2, -0.15) is 0 Å². The first-order valence-electron chi connectivity index (χ1n) is 10.00. The van der Waals surface area contributed by atoms with E-state index in [1.54, 1.807) is 0 Å². The van der Waals surface area contributed by atoms with E-state index >= 15 is 0 Å². The number of rotatable bonds is 1. The summed E-state index contributed by atoms with van der Waals surface area (Å²) in [6.45, 7) is 0. The Morgan fingerprint density at radius 3 is 1.33 bits per heavy atom. The van der Waals surface area contributed by atoms with E-state index in [9.17, 15) is 0 Å². The minimum Gasteiger partial charge on any atom is -0.342 e. The predicted octanol–water partition coefficient (Wildman–Crippen LogP) is 7.82. The smallest absolute Gasteiger partial charge is 0.0630 e. The molecule has 4 aromatic rings. The van der Waals surface area contributed by atoms with Crippen molar-refractivity contribution in [3.8, 4) is 11.1 Å². The highest BCUT2D eigenvalue weighted by Crippen LogP contribution is 2.55. The second-order valence-electron chi connectivity index (χ2n) is 7.56. The summed E-state index contributed by atoms with van der Waals surface area (Å²) in [6.07, 6.45) is 0. The fourth-order valence-corrected chi connectivity index (χ4v) is 6.82. The van der Waals surface area contributed by atoms with Gasteiger partial charge in [-0.15, -0.1) is 0 Å². The minimum absolute atomic E-state index is 1.26. The fraction of sp³-hybridized carbons (Fsp3) is 0.0769. The van der Waals surface area contributed by atoms with Gasteiger partial charge in [0.15, 0.2) is 0 Å². The van der Waals surface area contributed by atoms with Gasteiger partial charge in [0.1, 0.15) is 0 Å². The summed E-state index contributed by atoms with van der Waals surface area (Å²) in [6, 6.07) is 30.7. The lowest BCUT2D eigenvalue weighted by Crippen LogP contribution is -2.18. The summed E-state index contributed by atoms with van der Waals surface area (Å²) in [7, 11) is 4.37. The van der Waals surface area contributed by atoms with Crippen LogP contribution in [0.15, 0.2) is 105 Å². The zero-order valence-electron chi connectivity index (χ0n) is 16.8. The molecule has 30 heavy (non-hydrogen) atoms. The summed E-state index contributed by atoms with van der Waals surface area (Å²) < 4.78 is 0. The van der Waals surface area contributed by atoms with Crippen molar-refractivity contribution >= 4 is 46.3 Å². The third-order valence-electron chi connectivity index (χ3n) is 5.85. The van der Waals surface area contributed by atoms with Crippen LogP contribution >= 0.6 is 23.5 Å². The average molecular weight is 425 g/mol. The molecule has 2 aliphatic heterocycles. The molecule has 0 unspecified atom stereocenters. The molecule has 0 aromatic heterocycles. The molecule has 0 N–H and O–H groups in total. The van der Waals surface area contributed by atoms with Gasteiger partial charge >= 0.3 is 0 Å². The van der Waals surface area contributed by atoms with Gasteiger partial charge in [-0.25, -0.2) is 0 Å². The van der Waals surface area contributed by atoms with Crippen molar-refractivity contribution in [1.82, 2.24) is 0 Å². The normalized spacial score (nSPS) is 13.9. The quantitative estimate of drug-likeness (QED) is 0.307. The van der Waals surface area contributed by atoms with E-state index in [0.29, 0.717) is 0 Å². The van der Waals surface area contributed by atoms with Crippen LogP contribution in [0.1, 0.15) is 0 Å². The van der Waals surface area contributed by atoms with E-state index in [-0.39, 0.29) is 0 Å². The molecule has 0 fully saturated rings. The first-order valence-corrected chi connectivity index (χ1v) is 11.6. The van der Waals surface area contributed by atoms with Crippen molar-refractivity contribution < 1.29 is 0 Å². The highest BCUT2D eigenvalue weighted by Gasteiger charge is 2.28. The van der Waals surface area contributed by atoms with Gasteiger partial charge in [-0.3, -0.25) is 0 Å². The van der Waals surface area contributed by atoms with Crippen molar-refractivity contribution in [3.05, 3.63) is 84.9 Å². The van der Waals surface area contributed by atoms with Crippen molar-refractivity contribution in [2.75, 3.05) is 23.9 Å². The number of benzene rings is 4. The van der Waals surface area contributed by atoms with E-state index in [4.69, 9.17) is 0 Å². The highest BCUT2D eigenvalue weighted by molar-refractivity contribution is 8.00. The van der Waals surface area contributed by atoms with E-state index in [0.717, 1.165) is 0 Å². The molecule has 2 aliphatic rings. The molecule has 0 saturated carbocycles. The topological polar surface area (TPSA) is 6.48 Å². The van der Waals surface area contributed by atoms with Crippen LogP contribution in [0, 0.1) is 0 Å². The second kappa shape index (κ2) is 6.86. The molecule has 0 bridgehead atoms. The summed E-state index contributed by atoms with van der Waals surface area (Å²) in [5.74, 6) is 0. The van der Waals surface area contributed by atoms with Crippen LogP contribution in [0.4, 0.5) is 22.7 Å². The number of hydrogen-bond acceptors (Lipinski definition) is 4. The molecule has 6 rings (SSSR count). The Hall–Kier alpha value is -2.82. The molecule has 0 radical (unpaired) electrons. The van der Waals surface area contributed by atoms with Crippen LogP contribution in [0.25, 0.3) is 11.1 Å². The molecule has 4 heteroatoms. The first-order chi connectivity index (χ1) is 14.7. The highest BCUT2D eigenvalue weighted by atomic mass is 32.2. The molecule has 0 spiro atoms.